The summed E-state index contributed by atoms with van der Waals surface area (Å²) in [5, 5.41) is 0. The van der Waals surface area contributed by atoms with Gasteiger partial charge in [-0.25, -0.2) is 14.6 Å². The first kappa shape index (κ1) is 19.1. The molecule has 1 unspecified atom stereocenters. The summed E-state index contributed by atoms with van der Waals surface area (Å²) in [4.78, 5) is 24.6. The Bertz CT molecular complexity index is 1140. The quantitative estimate of drug-likeness (QED) is 0.725. The van der Waals surface area contributed by atoms with E-state index in [2.05, 4.69) is 14.9 Å². The monoisotopic (exact) mass is 404 g/mol. The van der Waals surface area contributed by atoms with Gasteiger partial charge < -0.3 is 5.73 Å². The van der Waals surface area contributed by atoms with E-state index in [1.54, 1.807) is 4.68 Å². The predicted octanol–water partition coefficient (Wildman–Crippen LogP) is 2.34. The first-order valence-electron chi connectivity index (χ1n) is 10.7. The molecule has 1 aliphatic heterocycles. The number of likely N-dealkylation sites (tertiary alicyclic amines) is 1. The van der Waals surface area contributed by atoms with Crippen LogP contribution in [-0.4, -0.2) is 37.3 Å². The largest absolute Gasteiger partial charge is 0.368 e. The molecule has 0 saturated carbocycles. The number of aryl methyl sites for hydroxylation is 1. The van der Waals surface area contributed by atoms with Gasteiger partial charge >= 0.3 is 0 Å². The van der Waals surface area contributed by atoms with E-state index >= 15 is 0 Å². The van der Waals surface area contributed by atoms with Crippen LogP contribution in [0.25, 0.3) is 5.69 Å². The van der Waals surface area contributed by atoms with Crippen LogP contribution in [0.15, 0.2) is 41.3 Å². The smallest absolute Gasteiger partial charge is 0.276 e. The van der Waals surface area contributed by atoms with Crippen LogP contribution < -0.4 is 11.3 Å². The highest BCUT2D eigenvalue weighted by Gasteiger charge is 2.43. The Morgan fingerprint density at radius 3 is 2.80 bits per heavy atom. The SMILES string of the molecule is Cc1c(CN2CCCC3(CCc4cnc(N)nc43)C2)c(=O)n(-c2ccccc2)n1C. The van der Waals surface area contributed by atoms with Gasteiger partial charge in [0.05, 0.1) is 16.9 Å². The summed E-state index contributed by atoms with van der Waals surface area (Å²) in [6.07, 6.45) is 6.20. The van der Waals surface area contributed by atoms with Crippen LogP contribution in [-0.2, 0) is 25.4 Å². The van der Waals surface area contributed by atoms with Crippen LogP contribution in [0.2, 0.25) is 0 Å². The first-order chi connectivity index (χ1) is 14.5. The number of hydrogen-bond acceptors (Lipinski definition) is 5. The van der Waals surface area contributed by atoms with Crippen molar-refractivity contribution in [3.63, 3.8) is 0 Å². The lowest BCUT2D eigenvalue weighted by Gasteiger charge is -2.40. The van der Waals surface area contributed by atoms with Gasteiger partial charge in [0.25, 0.3) is 5.56 Å². The van der Waals surface area contributed by atoms with Crippen molar-refractivity contribution in [2.45, 2.75) is 44.6 Å². The van der Waals surface area contributed by atoms with Crippen molar-refractivity contribution >= 4 is 5.95 Å². The molecular weight excluding hydrogens is 376 g/mol. The van der Waals surface area contributed by atoms with Gasteiger partial charge in [0, 0.05) is 37.4 Å². The zero-order valence-electron chi connectivity index (χ0n) is 17.6. The Morgan fingerprint density at radius 1 is 1.20 bits per heavy atom. The van der Waals surface area contributed by atoms with Gasteiger partial charge in [0.1, 0.15) is 0 Å². The fourth-order valence-electron chi connectivity index (χ4n) is 5.34. The number of nitrogen functional groups attached to an aromatic ring is 1. The summed E-state index contributed by atoms with van der Waals surface area (Å²) < 4.78 is 3.73. The Morgan fingerprint density at radius 2 is 2.00 bits per heavy atom. The minimum absolute atomic E-state index is 0.0335. The zero-order valence-corrected chi connectivity index (χ0v) is 17.6. The van der Waals surface area contributed by atoms with Crippen molar-refractivity contribution in [2.24, 2.45) is 7.05 Å². The summed E-state index contributed by atoms with van der Waals surface area (Å²) in [5.41, 5.74) is 11.2. The van der Waals surface area contributed by atoms with Crippen molar-refractivity contribution in [2.75, 3.05) is 18.8 Å². The molecule has 30 heavy (non-hydrogen) atoms. The number of rotatable bonds is 3. The van der Waals surface area contributed by atoms with Gasteiger partial charge in [0.2, 0.25) is 5.95 Å². The molecule has 2 aromatic heterocycles. The number of aromatic nitrogens is 4. The summed E-state index contributed by atoms with van der Waals surface area (Å²) in [7, 11) is 1.96. The van der Waals surface area contributed by atoms with Gasteiger partial charge in [-0.15, -0.1) is 0 Å². The Kier molecular flexibility index (Phi) is 4.50. The van der Waals surface area contributed by atoms with E-state index in [4.69, 9.17) is 5.73 Å². The molecule has 2 N–H and O–H groups in total. The van der Waals surface area contributed by atoms with Crippen LogP contribution in [0.3, 0.4) is 0 Å². The number of benzene rings is 1. The van der Waals surface area contributed by atoms with Crippen LogP contribution in [0.4, 0.5) is 5.95 Å². The maximum absolute atomic E-state index is 13.3. The molecule has 3 heterocycles. The van der Waals surface area contributed by atoms with Gasteiger partial charge in [0.15, 0.2) is 0 Å². The van der Waals surface area contributed by atoms with Gasteiger partial charge in [-0.05, 0) is 56.8 Å². The Labute approximate surface area is 176 Å². The van der Waals surface area contributed by atoms with E-state index in [0.717, 1.165) is 61.4 Å². The number of hydrogen-bond donors (Lipinski definition) is 1. The van der Waals surface area contributed by atoms with Crippen LogP contribution in [0, 0.1) is 6.92 Å². The third-order valence-electron chi connectivity index (χ3n) is 6.97. The highest BCUT2D eigenvalue weighted by molar-refractivity contribution is 5.37. The van der Waals surface area contributed by atoms with Gasteiger partial charge in [-0.3, -0.25) is 14.4 Å². The van der Waals surface area contributed by atoms with E-state index < -0.39 is 0 Å². The maximum Gasteiger partial charge on any atom is 0.276 e. The van der Waals surface area contributed by atoms with E-state index in [1.165, 1.54) is 5.56 Å². The van der Waals surface area contributed by atoms with Crippen molar-refractivity contribution in [1.29, 1.82) is 0 Å². The van der Waals surface area contributed by atoms with E-state index in [9.17, 15) is 4.79 Å². The second kappa shape index (κ2) is 7.09. The molecule has 7 nitrogen and oxygen atoms in total. The van der Waals surface area contributed by atoms with Crippen molar-refractivity contribution in [3.05, 3.63) is 69.4 Å². The van der Waals surface area contributed by atoms with Crippen molar-refractivity contribution in [3.8, 4) is 5.69 Å². The molecule has 1 aliphatic carbocycles. The number of fused-ring (bicyclic) bond motifs is 2. The molecule has 1 atom stereocenters. The van der Waals surface area contributed by atoms with Gasteiger partial charge in [-0.1, -0.05) is 18.2 Å². The highest BCUT2D eigenvalue weighted by atomic mass is 16.1. The fourth-order valence-corrected chi connectivity index (χ4v) is 5.34. The Hall–Kier alpha value is -2.93. The normalized spacial score (nSPS) is 21.3. The van der Waals surface area contributed by atoms with E-state index in [-0.39, 0.29) is 11.0 Å². The van der Waals surface area contributed by atoms with Gasteiger partial charge in [-0.2, -0.15) is 0 Å². The molecule has 1 fully saturated rings. The minimum Gasteiger partial charge on any atom is -0.368 e. The third kappa shape index (κ3) is 2.96. The van der Waals surface area contributed by atoms with Crippen molar-refractivity contribution in [1.82, 2.24) is 24.2 Å². The molecule has 1 spiro atoms. The molecule has 5 rings (SSSR count). The molecule has 156 valence electrons. The molecule has 3 aromatic rings. The summed E-state index contributed by atoms with van der Waals surface area (Å²) in [5.74, 6) is 0.358. The Balaban J connectivity index is 1.46. The van der Waals surface area contributed by atoms with Crippen molar-refractivity contribution < 1.29 is 0 Å². The lowest BCUT2D eigenvalue weighted by Crippen LogP contribution is -2.45. The summed E-state index contributed by atoms with van der Waals surface area (Å²) in [6, 6.07) is 9.83. The second-order valence-electron chi connectivity index (χ2n) is 8.74. The molecule has 2 aliphatic rings. The fraction of sp³-hybridized carbons (Fsp3) is 0.435. The number of para-hydroxylation sites is 1. The number of nitrogens with zero attached hydrogens (tertiary/aromatic N) is 5. The van der Waals surface area contributed by atoms with E-state index in [0.29, 0.717) is 12.5 Å². The number of piperidine rings is 1. The predicted molar refractivity (Wildman–Crippen MR) is 117 cm³/mol. The highest BCUT2D eigenvalue weighted by Crippen LogP contribution is 2.44. The van der Waals surface area contributed by atoms with E-state index in [1.807, 2.05) is 55.2 Å². The molecular formula is C23H28N6O. The molecule has 7 heteroatoms. The number of anilines is 1. The zero-order chi connectivity index (χ0) is 20.9. The minimum atomic E-state index is 0.0335. The average molecular weight is 405 g/mol. The average Bonchev–Trinajstić information content (AvgIpc) is 3.19. The molecule has 0 radical (unpaired) electrons. The molecule has 1 aromatic carbocycles. The maximum atomic E-state index is 13.3. The summed E-state index contributed by atoms with van der Waals surface area (Å²) in [6.45, 7) is 4.61. The topological polar surface area (TPSA) is 82.0 Å². The standard InChI is InChI=1S/C23H28N6O/c1-16-19(21(30)29(27(16)2)18-7-4-3-5-8-18)14-28-12-6-10-23(15-28)11-9-17-13-25-22(24)26-20(17)23/h3-5,7-8,13H,6,9-12,14-15H2,1-2H3,(H2,24,25,26). The summed E-state index contributed by atoms with van der Waals surface area (Å²) >= 11 is 0. The molecule has 0 amide bonds. The van der Waals surface area contributed by atoms with Crippen LogP contribution in [0.1, 0.15) is 41.8 Å². The number of nitrogens with two attached hydrogens (primary N) is 1. The lowest BCUT2D eigenvalue weighted by atomic mass is 9.77. The first-order valence-corrected chi connectivity index (χ1v) is 10.7. The van der Waals surface area contributed by atoms with Crippen LogP contribution in [0.5, 0.6) is 0 Å². The lowest BCUT2D eigenvalue weighted by molar-refractivity contribution is 0.136. The molecule has 1 saturated heterocycles. The van der Waals surface area contributed by atoms with Crippen LogP contribution >= 0.6 is 0 Å². The third-order valence-corrected chi connectivity index (χ3v) is 6.97. The second-order valence-corrected chi connectivity index (χ2v) is 8.74. The molecule has 0 bridgehead atoms.